The average Bonchev–Trinajstić information content (AvgIpc) is 3.21. The van der Waals surface area contributed by atoms with Crippen LogP contribution in [-0.4, -0.2) is 37.2 Å². The Bertz CT molecular complexity index is 1180. The van der Waals surface area contributed by atoms with Crippen LogP contribution in [0.4, 0.5) is 0 Å². The first-order valence-electron chi connectivity index (χ1n) is 22.7. The highest BCUT2D eigenvalue weighted by Crippen LogP contribution is 2.12. The molecule has 1 unspecified atom stereocenters. The zero-order chi connectivity index (χ0) is 41.5. The lowest BCUT2D eigenvalue weighted by Crippen LogP contribution is -2.30. The Kier molecular flexibility index (Phi) is 42.1. The number of hydrogen-bond donors (Lipinski definition) is 0. The molecular formula is C51H82O6. The molecule has 0 rings (SSSR count). The molecule has 0 fully saturated rings. The van der Waals surface area contributed by atoms with Crippen LogP contribution in [0.3, 0.4) is 0 Å². The number of rotatable bonds is 39. The summed E-state index contributed by atoms with van der Waals surface area (Å²) in [7, 11) is 0. The standard InChI is InChI=1S/C51H82O6/c1-4-7-10-13-16-19-22-24-25-26-27-28-30-32-35-38-41-44-50(53)56-47-48(46-55-49(52)43-40-37-34-31-21-18-15-12-9-6-3)57-51(54)45-42-39-36-33-29-23-20-17-14-11-8-5-2/h7-8,10-11,15-20,24-25,27-28,32,35,48H,4-6,9,12-14,21-23,26,29-31,33-34,36-47H2,1-3H3/b10-7-,11-8-,18-15-,19-16-,20-17-,25-24-,28-27-,35-32-. The quantitative estimate of drug-likeness (QED) is 0.0267. The summed E-state index contributed by atoms with van der Waals surface area (Å²) in [6.45, 7) is 6.26. The third kappa shape index (κ3) is 43.3. The van der Waals surface area contributed by atoms with Crippen molar-refractivity contribution < 1.29 is 28.6 Å². The zero-order valence-corrected chi connectivity index (χ0v) is 36.6. The Morgan fingerprint density at radius 2 is 0.702 bits per heavy atom. The van der Waals surface area contributed by atoms with Crippen molar-refractivity contribution in [1.29, 1.82) is 0 Å². The number of carbonyl (C=O) groups excluding carboxylic acids is 3. The highest BCUT2D eigenvalue weighted by atomic mass is 16.6. The molecule has 6 heteroatoms. The molecular weight excluding hydrogens is 709 g/mol. The van der Waals surface area contributed by atoms with Crippen LogP contribution >= 0.6 is 0 Å². The van der Waals surface area contributed by atoms with E-state index in [4.69, 9.17) is 14.2 Å². The molecule has 0 N–H and O–H groups in total. The SMILES string of the molecule is CC/C=C\C/C=C\C/C=C\C/C=C\C/C=C\CCCC(=O)OCC(COC(=O)CCCCCC/C=C\CCCC)OC(=O)CCCCCCC/C=C\C/C=C\CC. The van der Waals surface area contributed by atoms with Gasteiger partial charge in [0.25, 0.3) is 0 Å². The van der Waals surface area contributed by atoms with E-state index >= 15 is 0 Å². The third-order valence-corrected chi connectivity index (χ3v) is 9.05. The first-order valence-corrected chi connectivity index (χ1v) is 22.7. The van der Waals surface area contributed by atoms with Crippen LogP contribution in [0.5, 0.6) is 0 Å². The molecule has 0 aromatic heterocycles. The maximum atomic E-state index is 12.7. The molecule has 322 valence electrons. The van der Waals surface area contributed by atoms with Gasteiger partial charge in [-0.25, -0.2) is 0 Å². The van der Waals surface area contributed by atoms with Crippen molar-refractivity contribution in [2.75, 3.05) is 13.2 Å². The van der Waals surface area contributed by atoms with E-state index in [-0.39, 0.29) is 37.5 Å². The zero-order valence-electron chi connectivity index (χ0n) is 36.6. The molecule has 57 heavy (non-hydrogen) atoms. The van der Waals surface area contributed by atoms with Gasteiger partial charge >= 0.3 is 17.9 Å². The minimum Gasteiger partial charge on any atom is -0.462 e. The molecule has 0 spiro atoms. The summed E-state index contributed by atoms with van der Waals surface area (Å²) in [5, 5.41) is 0. The van der Waals surface area contributed by atoms with Gasteiger partial charge in [0, 0.05) is 19.3 Å². The molecule has 0 aromatic rings. The molecule has 0 saturated heterocycles. The van der Waals surface area contributed by atoms with Crippen LogP contribution in [0.25, 0.3) is 0 Å². The van der Waals surface area contributed by atoms with E-state index in [2.05, 4.69) is 118 Å². The molecule has 1 atom stereocenters. The summed E-state index contributed by atoms with van der Waals surface area (Å²) in [5.74, 6) is -1.01. The predicted octanol–water partition coefficient (Wildman–Crippen LogP) is 14.6. The summed E-state index contributed by atoms with van der Waals surface area (Å²) in [6.07, 6.45) is 58.3. The highest BCUT2D eigenvalue weighted by Gasteiger charge is 2.19. The van der Waals surface area contributed by atoms with Crippen molar-refractivity contribution in [3.05, 3.63) is 97.2 Å². The number of allylic oxidation sites excluding steroid dienone is 16. The second kappa shape index (κ2) is 45.0. The highest BCUT2D eigenvalue weighted by molar-refractivity contribution is 5.71. The van der Waals surface area contributed by atoms with E-state index in [1.807, 2.05) is 0 Å². The number of ether oxygens (including phenoxy) is 3. The summed E-state index contributed by atoms with van der Waals surface area (Å²) in [5.41, 5.74) is 0. The van der Waals surface area contributed by atoms with Gasteiger partial charge in [-0.3, -0.25) is 14.4 Å². The fourth-order valence-corrected chi connectivity index (χ4v) is 5.67. The van der Waals surface area contributed by atoms with Gasteiger partial charge in [-0.05, 0) is 103 Å². The monoisotopic (exact) mass is 791 g/mol. The maximum Gasteiger partial charge on any atom is 0.306 e. The van der Waals surface area contributed by atoms with Crippen LogP contribution in [0.2, 0.25) is 0 Å². The van der Waals surface area contributed by atoms with E-state index in [1.165, 1.54) is 12.8 Å². The molecule has 0 aliphatic rings. The fraction of sp³-hybridized carbons (Fsp3) is 0.627. The van der Waals surface area contributed by atoms with Gasteiger partial charge in [-0.15, -0.1) is 0 Å². The van der Waals surface area contributed by atoms with E-state index in [0.717, 1.165) is 128 Å². The van der Waals surface area contributed by atoms with Gasteiger partial charge in [0.15, 0.2) is 6.10 Å². The average molecular weight is 791 g/mol. The number of unbranched alkanes of at least 4 members (excludes halogenated alkanes) is 12. The molecule has 0 aromatic carbocycles. The van der Waals surface area contributed by atoms with Crippen molar-refractivity contribution in [2.45, 2.75) is 194 Å². The lowest BCUT2D eigenvalue weighted by atomic mass is 10.1. The van der Waals surface area contributed by atoms with E-state index in [1.54, 1.807) is 0 Å². The minimum atomic E-state index is -0.810. The normalized spacial score (nSPS) is 13.0. The predicted molar refractivity (Wildman–Crippen MR) is 242 cm³/mol. The smallest absolute Gasteiger partial charge is 0.306 e. The Balaban J connectivity index is 4.51. The molecule has 0 radical (unpaired) electrons. The van der Waals surface area contributed by atoms with Gasteiger partial charge in [0.2, 0.25) is 0 Å². The fourth-order valence-electron chi connectivity index (χ4n) is 5.67. The molecule has 0 aliphatic heterocycles. The van der Waals surface area contributed by atoms with E-state index < -0.39 is 6.10 Å². The van der Waals surface area contributed by atoms with Crippen molar-refractivity contribution in [3.8, 4) is 0 Å². The summed E-state index contributed by atoms with van der Waals surface area (Å²) in [6, 6.07) is 0. The van der Waals surface area contributed by atoms with Crippen LogP contribution in [0, 0.1) is 0 Å². The molecule has 0 heterocycles. The second-order valence-corrected chi connectivity index (χ2v) is 14.5. The summed E-state index contributed by atoms with van der Waals surface area (Å²) >= 11 is 0. The first-order chi connectivity index (χ1) is 28.0. The van der Waals surface area contributed by atoms with Crippen molar-refractivity contribution >= 4 is 17.9 Å². The Labute approximate surface area is 349 Å². The van der Waals surface area contributed by atoms with E-state index in [9.17, 15) is 14.4 Å². The number of esters is 3. The number of carbonyl (C=O) groups is 3. The Morgan fingerprint density at radius 3 is 1.16 bits per heavy atom. The van der Waals surface area contributed by atoms with Gasteiger partial charge in [-0.1, -0.05) is 163 Å². The maximum absolute atomic E-state index is 12.7. The van der Waals surface area contributed by atoms with Gasteiger partial charge in [0.05, 0.1) is 0 Å². The van der Waals surface area contributed by atoms with Crippen LogP contribution < -0.4 is 0 Å². The third-order valence-electron chi connectivity index (χ3n) is 9.05. The van der Waals surface area contributed by atoms with Crippen LogP contribution in [0.15, 0.2) is 97.2 Å². The van der Waals surface area contributed by atoms with Crippen LogP contribution in [0.1, 0.15) is 188 Å². The Morgan fingerprint density at radius 1 is 0.368 bits per heavy atom. The van der Waals surface area contributed by atoms with Gasteiger partial charge < -0.3 is 14.2 Å². The molecule has 6 nitrogen and oxygen atoms in total. The lowest BCUT2D eigenvalue weighted by molar-refractivity contribution is -0.167. The number of hydrogen-bond acceptors (Lipinski definition) is 6. The van der Waals surface area contributed by atoms with Crippen molar-refractivity contribution in [1.82, 2.24) is 0 Å². The van der Waals surface area contributed by atoms with Gasteiger partial charge in [0.1, 0.15) is 13.2 Å². The van der Waals surface area contributed by atoms with E-state index in [0.29, 0.717) is 19.3 Å². The van der Waals surface area contributed by atoms with Crippen molar-refractivity contribution in [2.24, 2.45) is 0 Å². The molecule has 0 aliphatic carbocycles. The largest absolute Gasteiger partial charge is 0.462 e. The summed E-state index contributed by atoms with van der Waals surface area (Å²) in [4.78, 5) is 37.7. The molecule has 0 bridgehead atoms. The topological polar surface area (TPSA) is 78.9 Å². The lowest BCUT2D eigenvalue weighted by Gasteiger charge is -2.18. The molecule has 0 saturated carbocycles. The second-order valence-electron chi connectivity index (χ2n) is 14.5. The first kappa shape index (κ1) is 53.3. The van der Waals surface area contributed by atoms with Crippen LogP contribution in [-0.2, 0) is 28.6 Å². The van der Waals surface area contributed by atoms with Gasteiger partial charge in [-0.2, -0.15) is 0 Å². The summed E-state index contributed by atoms with van der Waals surface area (Å²) < 4.78 is 16.6. The van der Waals surface area contributed by atoms with Crippen molar-refractivity contribution in [3.63, 3.8) is 0 Å². The Hall–Kier alpha value is -3.67. The molecule has 0 amide bonds. The minimum absolute atomic E-state index is 0.109.